The number of halogens is 3. The van der Waals surface area contributed by atoms with Gasteiger partial charge in [0.05, 0.1) is 24.1 Å². The SMILES string of the molecule is O=C(O)C[C@@H]1CCOc2cc(Oc3ccnc4cc(C(F)(F)F)ccc34)ccc21. The summed E-state index contributed by atoms with van der Waals surface area (Å²) in [5, 5.41) is 9.52. The number of nitrogens with zero attached hydrogens (tertiary/aromatic N) is 1. The lowest BCUT2D eigenvalue weighted by atomic mass is 9.90. The number of hydrogen-bond donors (Lipinski definition) is 1. The summed E-state index contributed by atoms with van der Waals surface area (Å²) in [6, 6.07) is 10.0. The zero-order valence-electron chi connectivity index (χ0n) is 15.1. The van der Waals surface area contributed by atoms with Crippen molar-refractivity contribution in [3.63, 3.8) is 0 Å². The topological polar surface area (TPSA) is 68.7 Å². The van der Waals surface area contributed by atoms with E-state index in [-0.39, 0.29) is 17.9 Å². The van der Waals surface area contributed by atoms with E-state index in [9.17, 15) is 18.0 Å². The first-order chi connectivity index (χ1) is 13.8. The van der Waals surface area contributed by atoms with Crippen molar-refractivity contribution in [3.8, 4) is 17.2 Å². The predicted octanol–water partition coefficient (Wildman–Crippen LogP) is 5.39. The molecule has 3 aromatic rings. The van der Waals surface area contributed by atoms with E-state index in [0.29, 0.717) is 35.7 Å². The standard InChI is InChI=1S/C21H16F3NO4/c22-21(23,24)13-1-3-16-17(10-13)25-7-5-18(16)29-14-2-4-15-12(9-20(26)27)6-8-28-19(15)11-14/h1-5,7,10-12H,6,8-9H2,(H,26,27)/t12-/m0/s1. The molecule has 0 amide bonds. The van der Waals surface area contributed by atoms with Crippen LogP contribution in [0.1, 0.15) is 29.9 Å². The van der Waals surface area contributed by atoms with Crippen LogP contribution in [0.25, 0.3) is 10.9 Å². The molecular formula is C21H16F3NO4. The summed E-state index contributed by atoms with van der Waals surface area (Å²) in [6.45, 7) is 0.410. The van der Waals surface area contributed by atoms with E-state index in [4.69, 9.17) is 14.6 Å². The molecule has 1 aliphatic rings. The third-order valence-electron chi connectivity index (χ3n) is 4.83. The van der Waals surface area contributed by atoms with Crippen molar-refractivity contribution >= 4 is 16.9 Å². The van der Waals surface area contributed by atoms with Gasteiger partial charge in [-0.05, 0) is 42.3 Å². The molecule has 0 fully saturated rings. The molecule has 4 rings (SSSR count). The molecule has 0 saturated heterocycles. The van der Waals surface area contributed by atoms with Gasteiger partial charge < -0.3 is 14.6 Å². The summed E-state index contributed by atoms with van der Waals surface area (Å²) in [4.78, 5) is 15.1. The number of alkyl halides is 3. The number of hydrogen-bond acceptors (Lipinski definition) is 4. The fourth-order valence-electron chi connectivity index (χ4n) is 3.44. The van der Waals surface area contributed by atoms with Crippen LogP contribution in [0.5, 0.6) is 17.2 Å². The van der Waals surface area contributed by atoms with Crippen LogP contribution >= 0.6 is 0 Å². The monoisotopic (exact) mass is 403 g/mol. The van der Waals surface area contributed by atoms with Crippen molar-refractivity contribution in [2.75, 3.05) is 6.61 Å². The molecule has 2 heterocycles. The molecule has 0 unspecified atom stereocenters. The molecule has 0 saturated carbocycles. The van der Waals surface area contributed by atoms with Crippen molar-refractivity contribution in [2.24, 2.45) is 0 Å². The average Bonchev–Trinajstić information content (AvgIpc) is 2.67. The quantitative estimate of drug-likeness (QED) is 0.633. The maximum absolute atomic E-state index is 12.9. The number of aromatic nitrogens is 1. The van der Waals surface area contributed by atoms with Gasteiger partial charge in [0.2, 0.25) is 0 Å². The molecule has 1 aliphatic heterocycles. The van der Waals surface area contributed by atoms with Gasteiger partial charge in [0.25, 0.3) is 0 Å². The molecule has 0 spiro atoms. The Morgan fingerprint density at radius 2 is 2.03 bits per heavy atom. The summed E-state index contributed by atoms with van der Waals surface area (Å²) in [5.74, 6) is 0.351. The van der Waals surface area contributed by atoms with Crippen LogP contribution in [0, 0.1) is 0 Å². The van der Waals surface area contributed by atoms with Crippen LogP contribution in [0.2, 0.25) is 0 Å². The Morgan fingerprint density at radius 1 is 1.21 bits per heavy atom. The highest BCUT2D eigenvalue weighted by Crippen LogP contribution is 2.40. The molecule has 0 bridgehead atoms. The van der Waals surface area contributed by atoms with E-state index in [1.54, 1.807) is 24.3 Å². The van der Waals surface area contributed by atoms with E-state index in [2.05, 4.69) is 4.98 Å². The minimum Gasteiger partial charge on any atom is -0.493 e. The summed E-state index contributed by atoms with van der Waals surface area (Å²) in [5.41, 5.74) is 0.203. The highest BCUT2D eigenvalue weighted by atomic mass is 19.4. The van der Waals surface area contributed by atoms with Crippen LogP contribution in [0.15, 0.2) is 48.7 Å². The van der Waals surface area contributed by atoms with Crippen LogP contribution in [-0.4, -0.2) is 22.7 Å². The van der Waals surface area contributed by atoms with Gasteiger partial charge in [-0.1, -0.05) is 6.07 Å². The van der Waals surface area contributed by atoms with Gasteiger partial charge in [-0.3, -0.25) is 9.78 Å². The normalized spacial score (nSPS) is 16.2. The maximum Gasteiger partial charge on any atom is 0.416 e. The van der Waals surface area contributed by atoms with E-state index in [0.717, 1.165) is 17.7 Å². The molecule has 29 heavy (non-hydrogen) atoms. The minimum absolute atomic E-state index is 0.0209. The molecule has 1 atom stereocenters. The predicted molar refractivity (Wildman–Crippen MR) is 98.4 cm³/mol. The number of carbonyl (C=O) groups is 1. The molecule has 0 radical (unpaired) electrons. The first-order valence-corrected chi connectivity index (χ1v) is 8.93. The second-order valence-electron chi connectivity index (χ2n) is 6.77. The van der Waals surface area contributed by atoms with Gasteiger partial charge in [0.15, 0.2) is 0 Å². The van der Waals surface area contributed by atoms with Crippen molar-refractivity contribution in [2.45, 2.75) is 24.9 Å². The van der Waals surface area contributed by atoms with Gasteiger partial charge in [-0.25, -0.2) is 0 Å². The number of carboxylic acids is 1. The summed E-state index contributed by atoms with van der Waals surface area (Å²) >= 11 is 0. The second kappa shape index (κ2) is 7.27. The van der Waals surface area contributed by atoms with Crippen molar-refractivity contribution in [3.05, 3.63) is 59.8 Å². The van der Waals surface area contributed by atoms with Crippen molar-refractivity contribution in [1.82, 2.24) is 4.98 Å². The first-order valence-electron chi connectivity index (χ1n) is 8.93. The van der Waals surface area contributed by atoms with Gasteiger partial charge in [-0.15, -0.1) is 0 Å². The molecule has 8 heteroatoms. The van der Waals surface area contributed by atoms with Crippen molar-refractivity contribution < 1.29 is 32.5 Å². The lowest BCUT2D eigenvalue weighted by Gasteiger charge is -2.25. The number of ether oxygens (including phenoxy) is 2. The zero-order valence-corrected chi connectivity index (χ0v) is 15.1. The summed E-state index contributed by atoms with van der Waals surface area (Å²) < 4.78 is 50.3. The molecule has 1 N–H and O–H groups in total. The Hall–Kier alpha value is -3.29. The lowest BCUT2D eigenvalue weighted by Crippen LogP contribution is -2.16. The zero-order chi connectivity index (χ0) is 20.6. The molecular weight excluding hydrogens is 387 g/mol. The van der Waals surface area contributed by atoms with E-state index in [1.807, 2.05) is 0 Å². The Balaban J connectivity index is 1.64. The molecule has 2 aromatic carbocycles. The van der Waals surface area contributed by atoms with E-state index < -0.39 is 17.7 Å². The van der Waals surface area contributed by atoms with Gasteiger partial charge >= 0.3 is 12.1 Å². The van der Waals surface area contributed by atoms with Crippen LogP contribution < -0.4 is 9.47 Å². The summed E-state index contributed by atoms with van der Waals surface area (Å²) in [6.07, 6.45) is -2.42. The fourth-order valence-corrected chi connectivity index (χ4v) is 3.44. The third-order valence-corrected chi connectivity index (χ3v) is 4.83. The number of benzene rings is 2. The minimum atomic E-state index is -4.45. The molecule has 150 valence electrons. The van der Waals surface area contributed by atoms with Gasteiger partial charge in [-0.2, -0.15) is 13.2 Å². The maximum atomic E-state index is 12.9. The van der Waals surface area contributed by atoms with Gasteiger partial charge in [0.1, 0.15) is 17.2 Å². The van der Waals surface area contributed by atoms with Gasteiger partial charge in [0, 0.05) is 23.6 Å². The number of aliphatic carboxylic acids is 1. The van der Waals surface area contributed by atoms with Crippen LogP contribution in [0.3, 0.4) is 0 Å². The Kier molecular flexibility index (Phi) is 4.77. The molecule has 5 nitrogen and oxygen atoms in total. The number of carboxylic acid groups (broad SMARTS) is 1. The van der Waals surface area contributed by atoms with E-state index >= 15 is 0 Å². The Bertz CT molecular complexity index is 1080. The second-order valence-corrected chi connectivity index (χ2v) is 6.77. The number of fused-ring (bicyclic) bond motifs is 2. The van der Waals surface area contributed by atoms with E-state index in [1.165, 1.54) is 12.3 Å². The summed E-state index contributed by atoms with van der Waals surface area (Å²) in [7, 11) is 0. The molecule has 0 aliphatic carbocycles. The number of rotatable bonds is 4. The fraction of sp³-hybridized carbons (Fsp3) is 0.238. The smallest absolute Gasteiger partial charge is 0.416 e. The van der Waals surface area contributed by atoms with Crippen molar-refractivity contribution in [1.29, 1.82) is 0 Å². The Labute approximate surface area is 163 Å². The average molecular weight is 403 g/mol. The first kappa shape index (κ1) is 19.0. The molecule has 1 aromatic heterocycles. The van der Waals surface area contributed by atoms with Crippen LogP contribution in [-0.2, 0) is 11.0 Å². The largest absolute Gasteiger partial charge is 0.493 e. The van der Waals surface area contributed by atoms with Crippen LogP contribution in [0.4, 0.5) is 13.2 Å². The highest BCUT2D eigenvalue weighted by Gasteiger charge is 2.31. The highest BCUT2D eigenvalue weighted by molar-refractivity contribution is 5.85. The Morgan fingerprint density at radius 3 is 2.79 bits per heavy atom. The third kappa shape index (κ3) is 3.96. The number of pyridine rings is 1. The lowest BCUT2D eigenvalue weighted by molar-refractivity contribution is -0.138.